The normalized spacial score (nSPS) is 14.2. The number of carbonyl (C=O) groups is 1. The second-order valence-corrected chi connectivity index (χ2v) is 6.96. The molecule has 0 unspecified atom stereocenters. The third kappa shape index (κ3) is 3.70. The first-order chi connectivity index (χ1) is 13.2. The van der Waals surface area contributed by atoms with E-state index in [1.807, 2.05) is 42.5 Å². The zero-order chi connectivity index (χ0) is 18.6. The molecule has 3 aromatic carbocycles. The predicted octanol–water partition coefficient (Wildman–Crippen LogP) is 4.51. The van der Waals surface area contributed by atoms with Gasteiger partial charge in [-0.25, -0.2) is 5.43 Å². The van der Waals surface area contributed by atoms with Crippen molar-refractivity contribution in [3.8, 4) is 0 Å². The lowest BCUT2D eigenvalue weighted by Gasteiger charge is -2.18. The van der Waals surface area contributed by atoms with Crippen molar-refractivity contribution in [1.82, 2.24) is 5.43 Å². The number of benzene rings is 3. The number of rotatable bonds is 4. The van der Waals surface area contributed by atoms with E-state index in [1.165, 1.54) is 18.5 Å². The van der Waals surface area contributed by atoms with Crippen molar-refractivity contribution >= 4 is 28.6 Å². The molecule has 27 heavy (non-hydrogen) atoms. The van der Waals surface area contributed by atoms with Gasteiger partial charge in [0.15, 0.2) is 0 Å². The molecule has 4 nitrogen and oxygen atoms in total. The molecule has 136 valence electrons. The standard InChI is InChI=1S/C23H23N3O/c1-17-15-20(26-13-4-5-14-26)12-11-19(17)16-24-25-23(27)22-10-6-8-18-7-2-3-9-21(18)22/h2-3,6-12,15-16H,4-5,13-14H2,1H3,(H,25,27)/b24-16-. The highest BCUT2D eigenvalue weighted by Crippen LogP contribution is 2.22. The Morgan fingerprint density at radius 3 is 2.63 bits per heavy atom. The number of nitrogens with zero attached hydrogens (tertiary/aromatic N) is 2. The van der Waals surface area contributed by atoms with Gasteiger partial charge in [0.05, 0.1) is 6.21 Å². The van der Waals surface area contributed by atoms with Crippen molar-refractivity contribution in [2.24, 2.45) is 5.10 Å². The molecule has 1 amide bonds. The summed E-state index contributed by atoms with van der Waals surface area (Å²) >= 11 is 0. The number of nitrogens with one attached hydrogen (secondary N) is 1. The predicted molar refractivity (Wildman–Crippen MR) is 112 cm³/mol. The van der Waals surface area contributed by atoms with E-state index < -0.39 is 0 Å². The maximum atomic E-state index is 12.5. The number of hydrogen-bond donors (Lipinski definition) is 1. The fourth-order valence-electron chi connectivity index (χ4n) is 3.62. The lowest BCUT2D eigenvalue weighted by molar-refractivity contribution is 0.0957. The average molecular weight is 357 g/mol. The van der Waals surface area contributed by atoms with Crippen molar-refractivity contribution in [2.45, 2.75) is 19.8 Å². The summed E-state index contributed by atoms with van der Waals surface area (Å²) in [4.78, 5) is 14.9. The van der Waals surface area contributed by atoms with Crippen molar-refractivity contribution in [1.29, 1.82) is 0 Å². The van der Waals surface area contributed by atoms with E-state index in [2.05, 4.69) is 40.5 Å². The molecule has 1 saturated heterocycles. The van der Waals surface area contributed by atoms with Crippen LogP contribution in [0, 0.1) is 6.92 Å². The number of hydrogen-bond acceptors (Lipinski definition) is 3. The van der Waals surface area contributed by atoms with Crippen LogP contribution in [0.2, 0.25) is 0 Å². The zero-order valence-electron chi connectivity index (χ0n) is 15.5. The number of aryl methyl sites for hydroxylation is 1. The van der Waals surface area contributed by atoms with Crippen LogP contribution in [0.1, 0.15) is 34.3 Å². The molecule has 4 heteroatoms. The Hall–Kier alpha value is -3.14. The smallest absolute Gasteiger partial charge is 0.271 e. The summed E-state index contributed by atoms with van der Waals surface area (Å²) in [5, 5.41) is 6.15. The topological polar surface area (TPSA) is 44.7 Å². The van der Waals surface area contributed by atoms with Crippen LogP contribution in [0.3, 0.4) is 0 Å². The third-order valence-electron chi connectivity index (χ3n) is 5.13. The summed E-state index contributed by atoms with van der Waals surface area (Å²) in [5.74, 6) is -0.200. The highest BCUT2D eigenvalue weighted by molar-refractivity contribution is 6.07. The molecule has 0 saturated carbocycles. The first kappa shape index (κ1) is 17.3. The van der Waals surface area contributed by atoms with Crippen molar-refractivity contribution in [2.75, 3.05) is 18.0 Å². The molecule has 1 aliphatic rings. The van der Waals surface area contributed by atoms with E-state index in [0.29, 0.717) is 5.56 Å². The second-order valence-electron chi connectivity index (χ2n) is 6.96. The molecule has 0 spiro atoms. The number of amides is 1. The van der Waals surface area contributed by atoms with Gasteiger partial charge in [0.1, 0.15) is 0 Å². The van der Waals surface area contributed by atoms with Crippen molar-refractivity contribution in [3.05, 3.63) is 77.4 Å². The van der Waals surface area contributed by atoms with Crippen LogP contribution in [0.15, 0.2) is 65.8 Å². The van der Waals surface area contributed by atoms with Gasteiger partial charge in [0.25, 0.3) is 5.91 Å². The van der Waals surface area contributed by atoms with Gasteiger partial charge in [-0.1, -0.05) is 42.5 Å². The van der Waals surface area contributed by atoms with Crippen LogP contribution in [0.4, 0.5) is 5.69 Å². The van der Waals surface area contributed by atoms with Gasteiger partial charge >= 0.3 is 0 Å². The van der Waals surface area contributed by atoms with E-state index in [0.717, 1.165) is 35.0 Å². The number of anilines is 1. The molecule has 0 aromatic heterocycles. The summed E-state index contributed by atoms with van der Waals surface area (Å²) < 4.78 is 0. The van der Waals surface area contributed by atoms with Gasteiger partial charge < -0.3 is 4.90 Å². The van der Waals surface area contributed by atoms with Crippen LogP contribution in [-0.4, -0.2) is 25.2 Å². The lowest BCUT2D eigenvalue weighted by atomic mass is 10.0. The van der Waals surface area contributed by atoms with Gasteiger partial charge in [-0.15, -0.1) is 0 Å². The zero-order valence-corrected chi connectivity index (χ0v) is 15.5. The van der Waals surface area contributed by atoms with E-state index in [-0.39, 0.29) is 5.91 Å². The minimum Gasteiger partial charge on any atom is -0.372 e. The molecule has 0 atom stereocenters. The molecule has 1 aliphatic heterocycles. The van der Waals surface area contributed by atoms with Crippen LogP contribution < -0.4 is 10.3 Å². The molecule has 4 rings (SSSR count). The molecular formula is C23H23N3O. The summed E-state index contributed by atoms with van der Waals surface area (Å²) in [6.07, 6.45) is 4.25. The average Bonchev–Trinajstić information content (AvgIpc) is 3.23. The molecule has 0 bridgehead atoms. The van der Waals surface area contributed by atoms with Gasteiger partial charge in [-0.2, -0.15) is 5.10 Å². The Morgan fingerprint density at radius 1 is 1.04 bits per heavy atom. The quantitative estimate of drug-likeness (QED) is 0.551. The lowest BCUT2D eigenvalue weighted by Crippen LogP contribution is -2.18. The first-order valence-corrected chi connectivity index (χ1v) is 9.39. The molecule has 0 aliphatic carbocycles. The third-order valence-corrected chi connectivity index (χ3v) is 5.13. The van der Waals surface area contributed by atoms with E-state index in [9.17, 15) is 4.79 Å². The second kappa shape index (κ2) is 7.62. The van der Waals surface area contributed by atoms with Crippen LogP contribution in [0.25, 0.3) is 10.8 Å². The van der Waals surface area contributed by atoms with Gasteiger partial charge in [0, 0.05) is 24.3 Å². The minimum atomic E-state index is -0.200. The maximum absolute atomic E-state index is 12.5. The SMILES string of the molecule is Cc1cc(N2CCCC2)ccc1/C=N\NC(=O)c1cccc2ccccc12. The fourth-order valence-corrected chi connectivity index (χ4v) is 3.62. The van der Waals surface area contributed by atoms with Crippen molar-refractivity contribution in [3.63, 3.8) is 0 Å². The number of carbonyl (C=O) groups excluding carboxylic acids is 1. The van der Waals surface area contributed by atoms with E-state index >= 15 is 0 Å². The van der Waals surface area contributed by atoms with E-state index in [1.54, 1.807) is 6.21 Å². The van der Waals surface area contributed by atoms with Gasteiger partial charge in [0.2, 0.25) is 0 Å². The highest BCUT2D eigenvalue weighted by Gasteiger charge is 2.13. The Bertz CT molecular complexity index is 998. The molecule has 1 heterocycles. The Morgan fingerprint density at radius 2 is 1.81 bits per heavy atom. The molecule has 0 radical (unpaired) electrons. The maximum Gasteiger partial charge on any atom is 0.271 e. The summed E-state index contributed by atoms with van der Waals surface area (Å²) in [5.41, 5.74) is 6.72. The number of hydrazone groups is 1. The van der Waals surface area contributed by atoms with Crippen molar-refractivity contribution < 1.29 is 4.79 Å². The minimum absolute atomic E-state index is 0.200. The Kier molecular flexibility index (Phi) is 4.88. The molecule has 1 N–H and O–H groups in total. The van der Waals surface area contributed by atoms with Gasteiger partial charge in [-0.05, 0) is 59.9 Å². The molecule has 1 fully saturated rings. The van der Waals surface area contributed by atoms with E-state index in [4.69, 9.17) is 0 Å². The molecule has 3 aromatic rings. The monoisotopic (exact) mass is 357 g/mol. The summed E-state index contributed by atoms with van der Waals surface area (Å²) in [6.45, 7) is 4.34. The summed E-state index contributed by atoms with van der Waals surface area (Å²) in [7, 11) is 0. The number of fused-ring (bicyclic) bond motifs is 1. The van der Waals surface area contributed by atoms with Crippen LogP contribution in [0.5, 0.6) is 0 Å². The Balaban J connectivity index is 1.48. The van der Waals surface area contributed by atoms with Crippen LogP contribution >= 0.6 is 0 Å². The molecular weight excluding hydrogens is 334 g/mol. The fraction of sp³-hybridized carbons (Fsp3) is 0.217. The first-order valence-electron chi connectivity index (χ1n) is 9.39. The van der Waals surface area contributed by atoms with Crippen LogP contribution in [-0.2, 0) is 0 Å². The largest absolute Gasteiger partial charge is 0.372 e. The van der Waals surface area contributed by atoms with Gasteiger partial charge in [-0.3, -0.25) is 4.79 Å². The Labute approximate surface area is 159 Å². The summed E-state index contributed by atoms with van der Waals surface area (Å²) in [6, 6.07) is 20.0. The highest BCUT2D eigenvalue weighted by atomic mass is 16.2.